The van der Waals surface area contributed by atoms with E-state index in [9.17, 15) is 18.0 Å². The number of allylic oxidation sites excluding steroid dienone is 2. The van der Waals surface area contributed by atoms with Crippen LogP contribution in [-0.4, -0.2) is 32.1 Å². The van der Waals surface area contributed by atoms with Crippen molar-refractivity contribution < 1.29 is 13.2 Å². The van der Waals surface area contributed by atoms with E-state index in [2.05, 4.69) is 4.98 Å². The van der Waals surface area contributed by atoms with Crippen LogP contribution in [0.4, 0.5) is 13.2 Å². The first kappa shape index (κ1) is 18.0. The van der Waals surface area contributed by atoms with Crippen molar-refractivity contribution in [3.63, 3.8) is 0 Å². The minimum Gasteiger partial charge on any atom is -0.372 e. The van der Waals surface area contributed by atoms with E-state index in [-0.39, 0.29) is 17.1 Å². The standard InChI is InChI=1S/C21H19F3N4O/c1-26-9-3-4-15(18(26)12-5-6-12)28-16-10-13(21(22,23)24)7-8-14(16)19-17(20(28)29)25-11-27(19)2/h3-4,7-12,18H,5-6H2,1-2H3. The Bertz CT molecular complexity index is 1260. The summed E-state index contributed by atoms with van der Waals surface area (Å²) >= 11 is 0. The van der Waals surface area contributed by atoms with Crippen molar-refractivity contribution in [2.24, 2.45) is 13.0 Å². The molecule has 0 radical (unpaired) electrons. The van der Waals surface area contributed by atoms with Gasteiger partial charge in [-0.05, 0) is 49.2 Å². The molecule has 5 rings (SSSR count). The van der Waals surface area contributed by atoms with Gasteiger partial charge in [-0.3, -0.25) is 9.36 Å². The second-order valence-electron chi connectivity index (χ2n) is 7.80. The Morgan fingerprint density at radius 3 is 2.62 bits per heavy atom. The average Bonchev–Trinajstić information content (AvgIpc) is 3.42. The number of halogens is 3. The highest BCUT2D eigenvalue weighted by molar-refractivity contribution is 6.04. The Balaban J connectivity index is 1.90. The van der Waals surface area contributed by atoms with E-state index in [0.717, 1.165) is 25.0 Å². The Hall–Kier alpha value is -3.03. The fraction of sp³-hybridized carbons (Fsp3) is 0.333. The molecule has 8 heteroatoms. The van der Waals surface area contributed by atoms with Crippen molar-refractivity contribution in [1.29, 1.82) is 0 Å². The first-order valence-electron chi connectivity index (χ1n) is 9.45. The highest BCUT2D eigenvalue weighted by Crippen LogP contribution is 2.42. The number of aryl methyl sites for hydroxylation is 1. The third-order valence-electron chi connectivity index (χ3n) is 5.82. The van der Waals surface area contributed by atoms with E-state index in [1.165, 1.54) is 17.0 Å². The molecule has 1 aromatic carbocycles. The quantitative estimate of drug-likeness (QED) is 0.654. The van der Waals surface area contributed by atoms with Gasteiger partial charge in [0.05, 0.1) is 29.0 Å². The van der Waals surface area contributed by atoms with E-state index < -0.39 is 17.3 Å². The Labute approximate surface area is 164 Å². The Kier molecular flexibility index (Phi) is 3.72. The molecular weight excluding hydrogens is 381 g/mol. The zero-order chi connectivity index (χ0) is 20.5. The van der Waals surface area contributed by atoms with Gasteiger partial charge in [0.25, 0.3) is 5.56 Å². The van der Waals surface area contributed by atoms with Gasteiger partial charge in [0.15, 0.2) is 5.52 Å². The van der Waals surface area contributed by atoms with Crippen molar-refractivity contribution in [3.8, 4) is 0 Å². The summed E-state index contributed by atoms with van der Waals surface area (Å²) in [5, 5.41) is 0.570. The van der Waals surface area contributed by atoms with E-state index in [0.29, 0.717) is 22.5 Å². The largest absolute Gasteiger partial charge is 0.416 e. The molecular formula is C21H19F3N4O. The molecule has 3 aromatic rings. The van der Waals surface area contributed by atoms with Crippen molar-refractivity contribution in [2.45, 2.75) is 25.1 Å². The maximum Gasteiger partial charge on any atom is 0.416 e. The van der Waals surface area contributed by atoms with Gasteiger partial charge in [-0.1, -0.05) is 6.07 Å². The van der Waals surface area contributed by atoms with Crippen LogP contribution in [0.15, 0.2) is 47.7 Å². The minimum atomic E-state index is -4.50. The topological polar surface area (TPSA) is 43.1 Å². The van der Waals surface area contributed by atoms with Gasteiger partial charge in [-0.25, -0.2) is 4.98 Å². The zero-order valence-electron chi connectivity index (χ0n) is 15.9. The number of alkyl halides is 3. The summed E-state index contributed by atoms with van der Waals surface area (Å²) in [5.41, 5.74) is 0.572. The number of aromatic nitrogens is 3. The van der Waals surface area contributed by atoms with Gasteiger partial charge in [0.1, 0.15) is 0 Å². The van der Waals surface area contributed by atoms with Gasteiger partial charge in [0, 0.05) is 25.2 Å². The van der Waals surface area contributed by atoms with E-state index in [4.69, 9.17) is 0 Å². The van der Waals surface area contributed by atoms with E-state index in [1.807, 2.05) is 30.3 Å². The smallest absolute Gasteiger partial charge is 0.372 e. The van der Waals surface area contributed by atoms with Crippen molar-refractivity contribution in [3.05, 3.63) is 58.8 Å². The summed E-state index contributed by atoms with van der Waals surface area (Å²) in [6.07, 6.45) is 4.68. The first-order valence-corrected chi connectivity index (χ1v) is 9.45. The molecule has 0 amide bonds. The molecule has 1 aliphatic heterocycles. The number of rotatable bonds is 2. The molecule has 5 nitrogen and oxygen atoms in total. The molecule has 1 aliphatic carbocycles. The van der Waals surface area contributed by atoms with Crippen LogP contribution in [0.5, 0.6) is 0 Å². The Morgan fingerprint density at radius 1 is 1.17 bits per heavy atom. The van der Waals surface area contributed by atoms with Crippen LogP contribution in [0.1, 0.15) is 18.4 Å². The lowest BCUT2D eigenvalue weighted by atomic mass is 10.0. The molecule has 150 valence electrons. The van der Waals surface area contributed by atoms with Gasteiger partial charge < -0.3 is 9.47 Å². The average molecular weight is 400 g/mol. The lowest BCUT2D eigenvalue weighted by Crippen LogP contribution is -2.37. The fourth-order valence-corrected chi connectivity index (χ4v) is 4.34. The van der Waals surface area contributed by atoms with Crippen molar-refractivity contribution in [2.75, 3.05) is 7.05 Å². The predicted molar refractivity (Wildman–Crippen MR) is 105 cm³/mol. The van der Waals surface area contributed by atoms with Gasteiger partial charge in [0.2, 0.25) is 0 Å². The molecule has 0 bridgehead atoms. The number of nitrogens with zero attached hydrogens (tertiary/aromatic N) is 4. The summed E-state index contributed by atoms with van der Waals surface area (Å²) in [6, 6.07) is 3.51. The first-order chi connectivity index (χ1) is 13.8. The van der Waals surface area contributed by atoms with Crippen LogP contribution in [0.2, 0.25) is 0 Å². The van der Waals surface area contributed by atoms with Gasteiger partial charge in [-0.2, -0.15) is 13.2 Å². The predicted octanol–water partition coefficient (Wildman–Crippen LogP) is 3.99. The maximum atomic E-state index is 13.5. The summed E-state index contributed by atoms with van der Waals surface area (Å²) in [4.78, 5) is 19.7. The van der Waals surface area contributed by atoms with Crippen molar-refractivity contribution in [1.82, 2.24) is 19.0 Å². The summed E-state index contributed by atoms with van der Waals surface area (Å²) in [5.74, 6) is 0.378. The summed E-state index contributed by atoms with van der Waals surface area (Å²) < 4.78 is 43.5. The number of hydrogen-bond acceptors (Lipinski definition) is 3. The molecule has 1 fully saturated rings. The third-order valence-corrected chi connectivity index (χ3v) is 5.82. The SMILES string of the molecule is CN1C=CC=C(n2c(=O)c3ncn(C)c3c3ccc(C(F)(F)F)cc32)C1C1CC1. The molecule has 0 spiro atoms. The minimum absolute atomic E-state index is 0.0587. The highest BCUT2D eigenvalue weighted by atomic mass is 19.4. The lowest BCUT2D eigenvalue weighted by molar-refractivity contribution is -0.137. The van der Waals surface area contributed by atoms with Crippen LogP contribution in [0.25, 0.3) is 27.6 Å². The van der Waals surface area contributed by atoms with E-state index >= 15 is 0 Å². The molecule has 2 aromatic heterocycles. The molecule has 2 aliphatic rings. The van der Waals surface area contributed by atoms with Crippen LogP contribution in [0, 0.1) is 5.92 Å². The number of likely N-dealkylation sites (N-methyl/N-ethyl adjacent to an activating group) is 1. The van der Waals surface area contributed by atoms with Crippen LogP contribution in [-0.2, 0) is 13.2 Å². The monoisotopic (exact) mass is 400 g/mol. The lowest BCUT2D eigenvalue weighted by Gasteiger charge is -2.33. The number of benzene rings is 1. The molecule has 1 unspecified atom stereocenters. The molecule has 0 N–H and O–H groups in total. The van der Waals surface area contributed by atoms with E-state index in [1.54, 1.807) is 11.6 Å². The molecule has 3 heterocycles. The summed E-state index contributed by atoms with van der Waals surface area (Å²) in [6.45, 7) is 0. The number of hydrogen-bond donors (Lipinski definition) is 0. The molecule has 1 saturated carbocycles. The summed E-state index contributed by atoms with van der Waals surface area (Å²) in [7, 11) is 3.67. The number of pyridine rings is 1. The Morgan fingerprint density at radius 2 is 1.93 bits per heavy atom. The van der Waals surface area contributed by atoms with Crippen molar-refractivity contribution >= 4 is 27.6 Å². The maximum absolute atomic E-state index is 13.5. The van der Waals surface area contributed by atoms with Crippen LogP contribution in [0.3, 0.4) is 0 Å². The van der Waals surface area contributed by atoms with Crippen LogP contribution >= 0.6 is 0 Å². The highest BCUT2D eigenvalue weighted by Gasteiger charge is 2.38. The zero-order valence-corrected chi connectivity index (χ0v) is 15.9. The number of fused-ring (bicyclic) bond motifs is 3. The normalized spacial score (nSPS) is 20.0. The molecule has 0 saturated heterocycles. The molecule has 29 heavy (non-hydrogen) atoms. The van der Waals surface area contributed by atoms with Crippen LogP contribution < -0.4 is 5.56 Å². The van der Waals surface area contributed by atoms with Gasteiger partial charge in [-0.15, -0.1) is 0 Å². The second kappa shape index (κ2) is 5.98. The fourth-order valence-electron chi connectivity index (χ4n) is 4.34. The van der Waals surface area contributed by atoms with Gasteiger partial charge >= 0.3 is 6.18 Å². The number of imidazole rings is 1. The molecule has 1 atom stereocenters. The second-order valence-corrected chi connectivity index (χ2v) is 7.80. The third kappa shape index (κ3) is 2.69.